The van der Waals surface area contributed by atoms with E-state index in [4.69, 9.17) is 9.72 Å². The molecule has 0 atom stereocenters. The highest BCUT2D eigenvalue weighted by molar-refractivity contribution is 7.99. The Morgan fingerprint density at radius 2 is 1.79 bits per heavy atom. The second kappa shape index (κ2) is 7.90. The Balaban J connectivity index is 1.58. The van der Waals surface area contributed by atoms with Gasteiger partial charge in [-0.15, -0.1) is 0 Å². The topological polar surface area (TPSA) is 72.3 Å². The third-order valence-corrected chi connectivity index (χ3v) is 5.28. The first-order chi connectivity index (χ1) is 13.6. The fourth-order valence-electron chi connectivity index (χ4n) is 2.93. The van der Waals surface area contributed by atoms with Crippen LogP contribution in [0.25, 0.3) is 17.0 Å². The Kier molecular flexibility index (Phi) is 5.16. The lowest BCUT2D eigenvalue weighted by Gasteiger charge is -2.10. The number of aryl methyl sites for hydroxylation is 2. The van der Waals surface area contributed by atoms with Crippen LogP contribution in [0.5, 0.6) is 5.75 Å². The summed E-state index contributed by atoms with van der Waals surface area (Å²) < 4.78 is 7.49. The molecule has 0 amide bonds. The molecular formula is C21H20N4O2S. The molecule has 0 bridgehead atoms. The smallest absolute Gasteiger partial charge is 0.266 e. The van der Waals surface area contributed by atoms with Gasteiger partial charge < -0.3 is 4.74 Å². The van der Waals surface area contributed by atoms with Gasteiger partial charge in [-0.25, -0.2) is 14.5 Å². The normalized spacial score (nSPS) is 11.1. The molecule has 0 spiro atoms. The summed E-state index contributed by atoms with van der Waals surface area (Å²) >= 11 is 1.52. The van der Waals surface area contributed by atoms with Gasteiger partial charge in [-0.3, -0.25) is 9.89 Å². The number of nitrogens with one attached hydrogen (secondary N) is 1. The van der Waals surface area contributed by atoms with Crippen LogP contribution < -0.4 is 10.3 Å². The number of ether oxygens (including phenoxy) is 1. The standard InChI is InChI=1S/C21H20N4O2S/c1-14-7-3-5-9-16(14)20-22-18-13-19(26)24-25(18)21(23-20)28-12-11-27-17-10-6-4-8-15(17)2/h3-10,13H,11-12H2,1-2H3,(H,24,26). The fourth-order valence-corrected chi connectivity index (χ4v) is 3.70. The number of para-hydroxylation sites is 1. The molecule has 4 aromatic rings. The van der Waals surface area contributed by atoms with Gasteiger partial charge in [-0.2, -0.15) is 0 Å². The molecule has 2 aromatic carbocycles. The van der Waals surface area contributed by atoms with E-state index in [9.17, 15) is 4.79 Å². The van der Waals surface area contributed by atoms with Crippen molar-refractivity contribution in [1.82, 2.24) is 19.6 Å². The van der Waals surface area contributed by atoms with Crippen LogP contribution in [0.15, 0.2) is 64.5 Å². The minimum Gasteiger partial charge on any atom is -0.492 e. The van der Waals surface area contributed by atoms with Crippen molar-refractivity contribution in [3.05, 3.63) is 76.1 Å². The maximum Gasteiger partial charge on any atom is 0.266 e. The molecule has 0 aliphatic rings. The van der Waals surface area contributed by atoms with Crippen molar-refractivity contribution >= 4 is 17.4 Å². The second-order valence-electron chi connectivity index (χ2n) is 6.42. The maximum absolute atomic E-state index is 11.8. The molecule has 1 N–H and O–H groups in total. The van der Waals surface area contributed by atoms with Gasteiger partial charge in [0, 0.05) is 17.4 Å². The van der Waals surface area contributed by atoms with Crippen molar-refractivity contribution in [2.75, 3.05) is 12.4 Å². The highest BCUT2D eigenvalue weighted by atomic mass is 32.2. The monoisotopic (exact) mass is 392 g/mol. The van der Waals surface area contributed by atoms with Crippen molar-refractivity contribution in [2.45, 2.75) is 19.0 Å². The SMILES string of the molecule is Cc1ccccc1OCCSc1nc(-c2ccccc2C)nc2cc(=O)[nH]n12. The van der Waals surface area contributed by atoms with Gasteiger partial charge in [0.1, 0.15) is 5.75 Å². The molecule has 142 valence electrons. The number of aromatic amines is 1. The lowest BCUT2D eigenvalue weighted by molar-refractivity contribution is 0.341. The van der Waals surface area contributed by atoms with Gasteiger partial charge in [0.2, 0.25) is 0 Å². The largest absolute Gasteiger partial charge is 0.492 e. The zero-order valence-electron chi connectivity index (χ0n) is 15.7. The molecule has 0 saturated heterocycles. The van der Waals surface area contributed by atoms with Crippen LogP contribution in [0.4, 0.5) is 0 Å². The summed E-state index contributed by atoms with van der Waals surface area (Å²) in [7, 11) is 0. The van der Waals surface area contributed by atoms with Crippen LogP contribution in [0.3, 0.4) is 0 Å². The van der Waals surface area contributed by atoms with E-state index in [1.54, 1.807) is 4.52 Å². The van der Waals surface area contributed by atoms with Gasteiger partial charge >= 0.3 is 0 Å². The summed E-state index contributed by atoms with van der Waals surface area (Å²) in [4.78, 5) is 21.1. The lowest BCUT2D eigenvalue weighted by atomic mass is 10.1. The second-order valence-corrected chi connectivity index (χ2v) is 7.48. The molecule has 6 nitrogen and oxygen atoms in total. The molecule has 0 unspecified atom stereocenters. The van der Waals surface area contributed by atoms with Crippen molar-refractivity contribution in [3.8, 4) is 17.1 Å². The van der Waals surface area contributed by atoms with Crippen LogP contribution in [0.1, 0.15) is 11.1 Å². The van der Waals surface area contributed by atoms with Crippen LogP contribution in [-0.4, -0.2) is 31.9 Å². The van der Waals surface area contributed by atoms with E-state index in [1.165, 1.54) is 17.8 Å². The number of hydrogen-bond acceptors (Lipinski definition) is 5. The molecule has 0 aliphatic carbocycles. The van der Waals surface area contributed by atoms with Gasteiger partial charge in [-0.05, 0) is 31.0 Å². The zero-order valence-corrected chi connectivity index (χ0v) is 16.5. The quantitative estimate of drug-likeness (QED) is 0.398. The lowest BCUT2D eigenvalue weighted by Crippen LogP contribution is -2.07. The molecule has 0 saturated carbocycles. The van der Waals surface area contributed by atoms with Gasteiger partial charge in [0.05, 0.1) is 6.61 Å². The summed E-state index contributed by atoms with van der Waals surface area (Å²) in [5.41, 5.74) is 3.50. The first-order valence-electron chi connectivity index (χ1n) is 8.99. The summed E-state index contributed by atoms with van der Waals surface area (Å²) in [5.74, 6) is 2.18. The Bertz CT molecular complexity index is 1180. The van der Waals surface area contributed by atoms with E-state index < -0.39 is 0 Å². The summed E-state index contributed by atoms with van der Waals surface area (Å²) in [6.45, 7) is 4.58. The number of rotatable bonds is 6. The molecule has 0 radical (unpaired) electrons. The van der Waals surface area contributed by atoms with E-state index in [0.717, 1.165) is 22.4 Å². The predicted octanol–water partition coefficient (Wildman–Crippen LogP) is 3.87. The number of benzene rings is 2. The minimum absolute atomic E-state index is 0.200. The van der Waals surface area contributed by atoms with Crippen molar-refractivity contribution in [2.24, 2.45) is 0 Å². The molecule has 0 aliphatic heterocycles. The van der Waals surface area contributed by atoms with Crippen LogP contribution in [0, 0.1) is 13.8 Å². The van der Waals surface area contributed by atoms with Crippen LogP contribution >= 0.6 is 11.8 Å². The molecular weight excluding hydrogens is 372 g/mol. The highest BCUT2D eigenvalue weighted by Gasteiger charge is 2.12. The van der Waals surface area contributed by atoms with Gasteiger partial charge in [0.15, 0.2) is 16.6 Å². The first-order valence-corrected chi connectivity index (χ1v) is 9.97. The van der Waals surface area contributed by atoms with Crippen molar-refractivity contribution < 1.29 is 4.74 Å². The van der Waals surface area contributed by atoms with Crippen molar-refractivity contribution in [3.63, 3.8) is 0 Å². The average molecular weight is 392 g/mol. The molecule has 28 heavy (non-hydrogen) atoms. The van der Waals surface area contributed by atoms with E-state index >= 15 is 0 Å². The molecule has 2 aromatic heterocycles. The number of thioether (sulfide) groups is 1. The molecule has 0 fully saturated rings. The van der Waals surface area contributed by atoms with Crippen molar-refractivity contribution in [1.29, 1.82) is 0 Å². The van der Waals surface area contributed by atoms with Gasteiger partial charge in [0.25, 0.3) is 5.56 Å². The maximum atomic E-state index is 11.8. The van der Waals surface area contributed by atoms with Crippen LogP contribution in [-0.2, 0) is 0 Å². The molecule has 7 heteroatoms. The fraction of sp³-hybridized carbons (Fsp3) is 0.190. The Morgan fingerprint density at radius 3 is 2.57 bits per heavy atom. The van der Waals surface area contributed by atoms with E-state index in [-0.39, 0.29) is 5.56 Å². The molecule has 2 heterocycles. The Morgan fingerprint density at radius 1 is 1.04 bits per heavy atom. The zero-order chi connectivity index (χ0) is 19.5. The predicted molar refractivity (Wildman–Crippen MR) is 111 cm³/mol. The van der Waals surface area contributed by atoms with Crippen LogP contribution in [0.2, 0.25) is 0 Å². The molecule has 4 rings (SSSR count). The summed E-state index contributed by atoms with van der Waals surface area (Å²) in [5, 5.41) is 3.44. The van der Waals surface area contributed by atoms with E-state index in [1.807, 2.05) is 62.4 Å². The minimum atomic E-state index is -0.200. The number of hydrogen-bond donors (Lipinski definition) is 1. The number of nitrogens with zero attached hydrogens (tertiary/aromatic N) is 3. The Labute approximate surface area is 166 Å². The highest BCUT2D eigenvalue weighted by Crippen LogP contribution is 2.24. The number of fused-ring (bicyclic) bond motifs is 1. The third-order valence-electron chi connectivity index (χ3n) is 4.38. The average Bonchev–Trinajstić information content (AvgIpc) is 3.07. The van der Waals surface area contributed by atoms with E-state index in [0.29, 0.717) is 29.0 Å². The van der Waals surface area contributed by atoms with E-state index in [2.05, 4.69) is 10.1 Å². The summed E-state index contributed by atoms with van der Waals surface area (Å²) in [6.07, 6.45) is 0. The number of H-pyrrole nitrogens is 1. The van der Waals surface area contributed by atoms with Gasteiger partial charge in [-0.1, -0.05) is 54.2 Å². The number of aromatic nitrogens is 4. The first kappa shape index (κ1) is 18.3. The third kappa shape index (κ3) is 3.80. The summed E-state index contributed by atoms with van der Waals surface area (Å²) in [6, 6.07) is 17.4. The Hall–Kier alpha value is -3.06.